The minimum Gasteiger partial charge on any atom is -0.331 e. The third kappa shape index (κ3) is 2.14. The number of nitrogens with zero attached hydrogens (tertiary/aromatic N) is 2. The van der Waals surface area contributed by atoms with Gasteiger partial charge in [-0.25, -0.2) is 0 Å². The highest BCUT2D eigenvalue weighted by molar-refractivity contribution is 5.90. The fraction of sp³-hybridized carbons (Fsp3) is 0.692. The Labute approximate surface area is 102 Å². The maximum Gasteiger partial charge on any atom is 0.246 e. The number of hydrogen-bond donors (Lipinski definition) is 0. The Morgan fingerprint density at radius 3 is 2.82 bits per heavy atom. The molecule has 2 fully saturated rings. The maximum atomic E-state index is 12.4. The van der Waals surface area contributed by atoms with Gasteiger partial charge >= 0.3 is 0 Å². The van der Waals surface area contributed by atoms with Crippen molar-refractivity contribution in [3.8, 4) is 12.3 Å². The zero-order valence-electron chi connectivity index (χ0n) is 10.2. The first-order chi connectivity index (χ1) is 8.15. The highest BCUT2D eigenvalue weighted by atomic mass is 16.2. The molecule has 0 aromatic heterocycles. The van der Waals surface area contributed by atoms with Crippen LogP contribution in [0, 0.1) is 12.3 Å². The maximum absolute atomic E-state index is 12.4. The molecule has 0 bridgehead atoms. The molecule has 0 saturated carbocycles. The number of amides is 2. The molecule has 4 heteroatoms. The van der Waals surface area contributed by atoms with E-state index in [1.54, 1.807) is 9.80 Å². The summed E-state index contributed by atoms with van der Waals surface area (Å²) in [6, 6.07) is -0.494. The molecule has 0 spiro atoms. The molecule has 0 aromatic rings. The van der Waals surface area contributed by atoms with Crippen LogP contribution in [0.5, 0.6) is 0 Å². The quantitative estimate of drug-likeness (QED) is 0.624. The number of carbonyl (C=O) groups excluding carboxylic acids is 2. The van der Waals surface area contributed by atoms with Crippen molar-refractivity contribution in [1.29, 1.82) is 0 Å². The van der Waals surface area contributed by atoms with E-state index < -0.39 is 0 Å². The zero-order chi connectivity index (χ0) is 12.4. The molecule has 2 aliphatic heterocycles. The first kappa shape index (κ1) is 12.0. The predicted molar refractivity (Wildman–Crippen MR) is 64.0 cm³/mol. The van der Waals surface area contributed by atoms with Crippen LogP contribution >= 0.6 is 0 Å². The van der Waals surface area contributed by atoms with E-state index in [0.29, 0.717) is 19.5 Å². The molecule has 0 aliphatic carbocycles. The molecular formula is C13H18N2O2. The summed E-state index contributed by atoms with van der Waals surface area (Å²) in [6.07, 6.45) is 8.56. The number of hydrogen-bond acceptors (Lipinski definition) is 2. The summed E-state index contributed by atoms with van der Waals surface area (Å²) < 4.78 is 0. The van der Waals surface area contributed by atoms with Gasteiger partial charge in [0.05, 0.1) is 6.04 Å². The van der Waals surface area contributed by atoms with Gasteiger partial charge in [0.1, 0.15) is 6.04 Å². The van der Waals surface area contributed by atoms with Crippen LogP contribution in [0.2, 0.25) is 0 Å². The average Bonchev–Trinajstić information content (AvgIpc) is 2.49. The van der Waals surface area contributed by atoms with E-state index in [9.17, 15) is 9.59 Å². The molecule has 2 saturated heterocycles. The Bertz CT molecular complexity index is 372. The summed E-state index contributed by atoms with van der Waals surface area (Å²) in [4.78, 5) is 27.7. The smallest absolute Gasteiger partial charge is 0.246 e. The van der Waals surface area contributed by atoms with Crippen LogP contribution in [0.25, 0.3) is 0 Å². The monoisotopic (exact) mass is 234 g/mol. The van der Waals surface area contributed by atoms with E-state index in [1.165, 1.54) is 0 Å². The highest BCUT2D eigenvalue weighted by Crippen LogP contribution is 2.23. The van der Waals surface area contributed by atoms with E-state index >= 15 is 0 Å². The average molecular weight is 234 g/mol. The number of carbonyl (C=O) groups is 2. The second kappa shape index (κ2) is 4.79. The third-order valence-electron chi connectivity index (χ3n) is 3.67. The van der Waals surface area contributed by atoms with Crippen LogP contribution in [-0.2, 0) is 9.59 Å². The van der Waals surface area contributed by atoms with Crippen LogP contribution in [0.1, 0.15) is 32.6 Å². The van der Waals surface area contributed by atoms with Crippen LogP contribution in [-0.4, -0.2) is 46.8 Å². The molecule has 2 unspecified atom stereocenters. The number of rotatable bonds is 1. The van der Waals surface area contributed by atoms with Gasteiger partial charge in [0.25, 0.3) is 0 Å². The number of terminal acetylenes is 1. The van der Waals surface area contributed by atoms with Crippen molar-refractivity contribution >= 4 is 11.8 Å². The fourth-order valence-electron chi connectivity index (χ4n) is 2.62. The molecule has 2 aliphatic rings. The summed E-state index contributed by atoms with van der Waals surface area (Å²) in [5.41, 5.74) is 0. The number of fused-ring (bicyclic) bond motifs is 1. The minimum atomic E-state index is -0.269. The summed E-state index contributed by atoms with van der Waals surface area (Å²) in [5.74, 6) is 2.70. The van der Waals surface area contributed by atoms with Crippen LogP contribution in [0.3, 0.4) is 0 Å². The third-order valence-corrected chi connectivity index (χ3v) is 3.67. The van der Waals surface area contributed by atoms with E-state index in [0.717, 1.165) is 19.3 Å². The molecule has 2 rings (SSSR count). The largest absolute Gasteiger partial charge is 0.331 e. The van der Waals surface area contributed by atoms with Crippen molar-refractivity contribution < 1.29 is 9.59 Å². The molecule has 2 atom stereocenters. The second-order valence-corrected chi connectivity index (χ2v) is 4.72. The Morgan fingerprint density at radius 1 is 1.35 bits per heavy atom. The van der Waals surface area contributed by atoms with E-state index in [4.69, 9.17) is 6.42 Å². The van der Waals surface area contributed by atoms with Gasteiger partial charge in [0, 0.05) is 19.5 Å². The van der Waals surface area contributed by atoms with Crippen LogP contribution in [0.4, 0.5) is 0 Å². The lowest BCUT2D eigenvalue weighted by molar-refractivity contribution is -0.143. The van der Waals surface area contributed by atoms with E-state index in [2.05, 4.69) is 5.92 Å². The standard InChI is InChI=1S/C13H18N2O2/c1-3-10(2)14-9-7-12(16)15-8-5-4-6-11(15)13(14)17/h1,10-11H,4-9H2,2H3. The molecule has 92 valence electrons. The Morgan fingerprint density at radius 2 is 2.12 bits per heavy atom. The van der Waals surface area contributed by atoms with Gasteiger partial charge in [0.2, 0.25) is 11.8 Å². The minimum absolute atomic E-state index is 0.0287. The molecule has 0 aromatic carbocycles. The predicted octanol–water partition coefficient (Wildman–Crippen LogP) is 0.621. The summed E-state index contributed by atoms with van der Waals surface area (Å²) in [5, 5.41) is 0. The van der Waals surface area contributed by atoms with E-state index in [-0.39, 0.29) is 23.9 Å². The fourth-order valence-corrected chi connectivity index (χ4v) is 2.62. The SMILES string of the molecule is C#CC(C)N1CCC(=O)N2CCCCC2C1=O. The van der Waals surface area contributed by atoms with Gasteiger partial charge in [0.15, 0.2) is 0 Å². The molecule has 2 amide bonds. The van der Waals surface area contributed by atoms with Crippen LogP contribution in [0.15, 0.2) is 0 Å². The van der Waals surface area contributed by atoms with Gasteiger partial charge in [-0.15, -0.1) is 6.42 Å². The molecule has 2 heterocycles. The van der Waals surface area contributed by atoms with Crippen molar-refractivity contribution in [3.05, 3.63) is 0 Å². The molecule has 0 N–H and O–H groups in total. The van der Waals surface area contributed by atoms with Crippen molar-refractivity contribution in [3.63, 3.8) is 0 Å². The van der Waals surface area contributed by atoms with Gasteiger partial charge in [-0.3, -0.25) is 9.59 Å². The zero-order valence-corrected chi connectivity index (χ0v) is 10.2. The summed E-state index contributed by atoms with van der Waals surface area (Å²) in [7, 11) is 0. The van der Waals surface area contributed by atoms with Crippen molar-refractivity contribution in [2.45, 2.75) is 44.7 Å². The summed E-state index contributed by atoms with van der Waals surface area (Å²) >= 11 is 0. The molecule has 4 nitrogen and oxygen atoms in total. The first-order valence-electron chi connectivity index (χ1n) is 6.21. The first-order valence-corrected chi connectivity index (χ1v) is 6.21. The van der Waals surface area contributed by atoms with Gasteiger partial charge in [-0.05, 0) is 26.2 Å². The Balaban J connectivity index is 2.23. The van der Waals surface area contributed by atoms with Crippen LogP contribution < -0.4 is 0 Å². The lowest BCUT2D eigenvalue weighted by Crippen LogP contribution is -2.51. The van der Waals surface area contributed by atoms with E-state index in [1.807, 2.05) is 6.92 Å². The second-order valence-electron chi connectivity index (χ2n) is 4.72. The van der Waals surface area contributed by atoms with Crippen molar-refractivity contribution in [2.24, 2.45) is 0 Å². The lowest BCUT2D eigenvalue weighted by Gasteiger charge is -2.35. The lowest BCUT2D eigenvalue weighted by atomic mass is 10.0. The topological polar surface area (TPSA) is 40.6 Å². The highest BCUT2D eigenvalue weighted by Gasteiger charge is 2.38. The Kier molecular flexibility index (Phi) is 3.37. The normalized spacial score (nSPS) is 27.2. The Hall–Kier alpha value is -1.50. The van der Waals surface area contributed by atoms with Crippen molar-refractivity contribution in [2.75, 3.05) is 13.1 Å². The molecule has 17 heavy (non-hydrogen) atoms. The molecular weight excluding hydrogens is 216 g/mol. The van der Waals surface area contributed by atoms with Gasteiger partial charge in [-0.1, -0.05) is 5.92 Å². The van der Waals surface area contributed by atoms with Crippen molar-refractivity contribution in [1.82, 2.24) is 9.80 Å². The summed E-state index contributed by atoms with van der Waals surface area (Å²) in [6.45, 7) is 3.00. The van der Waals surface area contributed by atoms with Gasteiger partial charge < -0.3 is 9.80 Å². The number of piperidine rings is 1. The van der Waals surface area contributed by atoms with Gasteiger partial charge in [-0.2, -0.15) is 0 Å². The molecule has 0 radical (unpaired) electrons.